The first kappa shape index (κ1) is 10.1. The molecule has 0 spiro atoms. The first-order valence-electron chi connectivity index (χ1n) is 4.58. The summed E-state index contributed by atoms with van der Waals surface area (Å²) < 4.78 is 5.60. The summed E-state index contributed by atoms with van der Waals surface area (Å²) in [5.74, 6) is 1.90. The minimum atomic E-state index is -0.228. The van der Waals surface area contributed by atoms with Crippen LogP contribution in [-0.2, 0) is 9.53 Å². The average Bonchev–Trinajstić information content (AvgIpc) is 2.15. The maximum atomic E-state index is 11.2. The fourth-order valence-electron chi connectivity index (χ4n) is 1.53. The van der Waals surface area contributed by atoms with Crippen molar-refractivity contribution in [2.75, 3.05) is 13.1 Å². The first-order chi connectivity index (χ1) is 6.17. The van der Waals surface area contributed by atoms with Crippen LogP contribution in [0.3, 0.4) is 0 Å². The Bertz CT molecular complexity index is 232. The lowest BCUT2D eigenvalue weighted by molar-refractivity contribution is -0.138. The van der Waals surface area contributed by atoms with Crippen molar-refractivity contribution in [2.24, 2.45) is 0 Å². The van der Waals surface area contributed by atoms with Crippen molar-refractivity contribution in [1.29, 1.82) is 0 Å². The Balaban J connectivity index is 2.58. The summed E-state index contributed by atoms with van der Waals surface area (Å²) in [5.41, 5.74) is 0. The van der Waals surface area contributed by atoms with E-state index in [0.717, 1.165) is 6.42 Å². The van der Waals surface area contributed by atoms with Crippen LogP contribution in [0.15, 0.2) is 0 Å². The number of hydrogen-bond donors (Lipinski definition) is 0. The van der Waals surface area contributed by atoms with Gasteiger partial charge in [0.05, 0.1) is 12.2 Å². The Labute approximate surface area is 79.1 Å². The van der Waals surface area contributed by atoms with Crippen LogP contribution in [0.2, 0.25) is 0 Å². The van der Waals surface area contributed by atoms with E-state index in [9.17, 15) is 4.79 Å². The molecule has 72 valence electrons. The number of carbonyl (C=O) groups excluding carboxylic acids is 1. The third-order valence-electron chi connectivity index (χ3n) is 2.19. The maximum absolute atomic E-state index is 11.2. The monoisotopic (exact) mass is 181 g/mol. The highest BCUT2D eigenvalue weighted by atomic mass is 16.5. The Morgan fingerprint density at radius 1 is 1.69 bits per heavy atom. The molecular weight excluding hydrogens is 166 g/mol. The van der Waals surface area contributed by atoms with Crippen molar-refractivity contribution >= 4 is 5.91 Å². The van der Waals surface area contributed by atoms with Gasteiger partial charge < -0.3 is 9.64 Å². The van der Waals surface area contributed by atoms with Gasteiger partial charge in [0.15, 0.2) is 0 Å². The smallest absolute Gasteiger partial charge is 0.298 e. The number of hydrogen-bond acceptors (Lipinski definition) is 2. The zero-order valence-electron chi connectivity index (χ0n) is 8.12. The lowest BCUT2D eigenvalue weighted by Gasteiger charge is -2.35. The van der Waals surface area contributed by atoms with Crippen molar-refractivity contribution in [3.63, 3.8) is 0 Å². The number of terminal acetylenes is 1. The van der Waals surface area contributed by atoms with Gasteiger partial charge >= 0.3 is 0 Å². The Kier molecular flexibility index (Phi) is 3.32. The molecule has 1 aliphatic heterocycles. The van der Waals surface area contributed by atoms with Crippen molar-refractivity contribution in [2.45, 2.75) is 32.5 Å². The summed E-state index contributed by atoms with van der Waals surface area (Å²) in [6.45, 7) is 5.24. The Morgan fingerprint density at radius 2 is 2.38 bits per heavy atom. The highest BCUT2D eigenvalue weighted by molar-refractivity contribution is 5.92. The second-order valence-corrected chi connectivity index (χ2v) is 3.33. The molecule has 1 heterocycles. The summed E-state index contributed by atoms with van der Waals surface area (Å²) in [6, 6.07) is 0. The van der Waals surface area contributed by atoms with E-state index in [2.05, 4.69) is 5.92 Å². The predicted octanol–water partition coefficient (Wildman–Crippen LogP) is 0.646. The molecule has 0 aromatic carbocycles. The highest BCUT2D eigenvalue weighted by Crippen LogP contribution is 2.13. The van der Waals surface area contributed by atoms with E-state index in [-0.39, 0.29) is 18.1 Å². The van der Waals surface area contributed by atoms with Gasteiger partial charge in [-0.1, -0.05) is 6.92 Å². The van der Waals surface area contributed by atoms with Gasteiger partial charge in [-0.15, -0.1) is 6.42 Å². The largest absolute Gasteiger partial charge is 0.372 e. The Hall–Kier alpha value is -1.01. The van der Waals surface area contributed by atoms with Gasteiger partial charge in [-0.05, 0) is 19.3 Å². The molecular formula is C10H15NO2. The highest BCUT2D eigenvalue weighted by Gasteiger charge is 2.26. The molecule has 1 rings (SSSR count). The molecule has 2 atom stereocenters. The minimum Gasteiger partial charge on any atom is -0.372 e. The van der Waals surface area contributed by atoms with Crippen molar-refractivity contribution in [3.05, 3.63) is 0 Å². The number of nitrogens with zero attached hydrogens (tertiary/aromatic N) is 1. The summed E-state index contributed by atoms with van der Waals surface area (Å²) >= 11 is 0. The van der Waals surface area contributed by atoms with Crippen LogP contribution < -0.4 is 0 Å². The van der Waals surface area contributed by atoms with Crippen LogP contribution >= 0.6 is 0 Å². The fraction of sp³-hybridized carbons (Fsp3) is 0.700. The lowest BCUT2D eigenvalue weighted by atomic mass is 10.2. The first-order valence-corrected chi connectivity index (χ1v) is 4.58. The molecule has 0 aromatic rings. The third kappa shape index (κ3) is 2.46. The van der Waals surface area contributed by atoms with Crippen molar-refractivity contribution < 1.29 is 9.53 Å². The lowest BCUT2D eigenvalue weighted by Crippen LogP contribution is -2.48. The van der Waals surface area contributed by atoms with Crippen LogP contribution in [0.5, 0.6) is 0 Å². The van der Waals surface area contributed by atoms with E-state index >= 15 is 0 Å². The van der Waals surface area contributed by atoms with Crippen LogP contribution in [0.1, 0.15) is 20.3 Å². The Morgan fingerprint density at radius 3 is 2.92 bits per heavy atom. The summed E-state index contributed by atoms with van der Waals surface area (Å²) in [7, 11) is 0. The molecule has 0 N–H and O–H groups in total. The van der Waals surface area contributed by atoms with E-state index in [1.165, 1.54) is 0 Å². The van der Waals surface area contributed by atoms with Gasteiger partial charge in [0.2, 0.25) is 0 Å². The fourth-order valence-corrected chi connectivity index (χ4v) is 1.53. The quantitative estimate of drug-likeness (QED) is 0.556. The van der Waals surface area contributed by atoms with Crippen LogP contribution in [-0.4, -0.2) is 36.1 Å². The second kappa shape index (κ2) is 4.29. The molecule has 2 unspecified atom stereocenters. The van der Waals surface area contributed by atoms with Crippen molar-refractivity contribution in [3.8, 4) is 12.3 Å². The van der Waals surface area contributed by atoms with Gasteiger partial charge in [0, 0.05) is 13.1 Å². The molecule has 1 saturated heterocycles. The van der Waals surface area contributed by atoms with E-state index in [1.807, 2.05) is 13.8 Å². The third-order valence-corrected chi connectivity index (χ3v) is 2.19. The molecule has 3 heteroatoms. The van der Waals surface area contributed by atoms with Crippen LogP contribution in [0.4, 0.5) is 0 Å². The topological polar surface area (TPSA) is 29.5 Å². The number of amides is 1. The van der Waals surface area contributed by atoms with Gasteiger partial charge in [-0.2, -0.15) is 0 Å². The van der Waals surface area contributed by atoms with Gasteiger partial charge in [-0.3, -0.25) is 4.79 Å². The predicted molar refractivity (Wildman–Crippen MR) is 50.0 cm³/mol. The molecule has 0 saturated carbocycles. The number of carbonyl (C=O) groups is 1. The average molecular weight is 181 g/mol. The molecule has 1 aliphatic rings. The summed E-state index contributed by atoms with van der Waals surface area (Å²) in [5, 5.41) is 0. The zero-order valence-corrected chi connectivity index (χ0v) is 8.12. The van der Waals surface area contributed by atoms with Gasteiger partial charge in [0.25, 0.3) is 5.91 Å². The molecule has 13 heavy (non-hydrogen) atoms. The number of morpholine rings is 1. The normalized spacial score (nSPS) is 28.2. The molecule has 0 aliphatic carbocycles. The second-order valence-electron chi connectivity index (χ2n) is 3.33. The molecule has 3 nitrogen and oxygen atoms in total. The maximum Gasteiger partial charge on any atom is 0.298 e. The molecule has 1 fully saturated rings. The van der Waals surface area contributed by atoms with E-state index in [4.69, 9.17) is 11.2 Å². The van der Waals surface area contributed by atoms with Crippen LogP contribution in [0.25, 0.3) is 0 Å². The van der Waals surface area contributed by atoms with E-state index in [0.29, 0.717) is 13.1 Å². The molecule has 0 aromatic heterocycles. The van der Waals surface area contributed by atoms with E-state index in [1.54, 1.807) is 4.90 Å². The SMILES string of the molecule is C#CC(=O)N1CC(C)OC(CC)C1. The zero-order chi connectivity index (χ0) is 9.84. The summed E-state index contributed by atoms with van der Waals surface area (Å²) in [6.07, 6.45) is 6.20. The van der Waals surface area contributed by atoms with Crippen LogP contribution in [0, 0.1) is 12.3 Å². The minimum absolute atomic E-state index is 0.0935. The summed E-state index contributed by atoms with van der Waals surface area (Å²) in [4.78, 5) is 12.9. The molecule has 1 amide bonds. The number of rotatable bonds is 1. The molecule has 0 bridgehead atoms. The van der Waals surface area contributed by atoms with Crippen molar-refractivity contribution in [1.82, 2.24) is 4.90 Å². The van der Waals surface area contributed by atoms with E-state index < -0.39 is 0 Å². The molecule has 0 radical (unpaired) electrons. The number of ether oxygens (including phenoxy) is 1. The van der Waals surface area contributed by atoms with Gasteiger partial charge in [-0.25, -0.2) is 0 Å². The van der Waals surface area contributed by atoms with Gasteiger partial charge in [0.1, 0.15) is 0 Å². The standard InChI is InChI=1S/C10H15NO2/c1-4-9-7-11(10(12)5-2)6-8(3)13-9/h2,8-9H,4,6-7H2,1,3H3.